The van der Waals surface area contributed by atoms with Gasteiger partial charge < -0.3 is 10.6 Å². The highest BCUT2D eigenvalue weighted by atomic mass is 16.2. The van der Waals surface area contributed by atoms with Gasteiger partial charge in [-0.25, -0.2) is 0 Å². The fraction of sp³-hybridized carbons (Fsp3) is 0.200. The summed E-state index contributed by atoms with van der Waals surface area (Å²) in [4.78, 5) is 21.7. The minimum Gasteiger partial charge on any atom is -0.347 e. The van der Waals surface area contributed by atoms with Crippen LogP contribution in [0.5, 0.6) is 0 Å². The largest absolute Gasteiger partial charge is 0.347 e. The molecule has 2 N–H and O–H groups in total. The molecule has 0 atom stereocenters. The van der Waals surface area contributed by atoms with E-state index in [0.29, 0.717) is 0 Å². The number of carbonyl (C=O) groups is 2. The van der Waals surface area contributed by atoms with E-state index in [1.54, 1.807) is 12.1 Å². The van der Waals surface area contributed by atoms with E-state index >= 15 is 0 Å². The van der Waals surface area contributed by atoms with Crippen molar-refractivity contribution in [3.05, 3.63) is 30.3 Å². The summed E-state index contributed by atoms with van der Waals surface area (Å²) < 4.78 is 0. The van der Waals surface area contributed by atoms with Crippen LogP contribution in [0.4, 0.5) is 5.69 Å². The average molecular weight is 193 g/mol. The molecule has 4 nitrogen and oxygen atoms in total. The predicted molar refractivity (Wildman–Crippen MR) is 53.8 cm³/mol. The molecule has 0 aliphatic heterocycles. The Morgan fingerprint density at radius 3 is 2.43 bits per heavy atom. The summed E-state index contributed by atoms with van der Waals surface area (Å²) in [6, 6.07) is 9.09. The van der Waals surface area contributed by atoms with Crippen LogP contribution in [0.2, 0.25) is 0 Å². The zero-order valence-corrected chi connectivity index (χ0v) is 7.91. The first-order valence-electron chi connectivity index (χ1n) is 4.28. The number of benzene rings is 1. The molecule has 4 heteroatoms. The van der Waals surface area contributed by atoms with Crippen molar-refractivity contribution in [3.8, 4) is 0 Å². The van der Waals surface area contributed by atoms with Gasteiger partial charge in [-0.1, -0.05) is 18.2 Å². The topological polar surface area (TPSA) is 58.2 Å². The average Bonchev–Trinajstić information content (AvgIpc) is 2.16. The zero-order chi connectivity index (χ0) is 10.4. The van der Waals surface area contributed by atoms with Crippen molar-refractivity contribution < 1.29 is 9.59 Å². The van der Waals surface area contributed by atoms with Gasteiger partial charge in [0, 0.05) is 12.6 Å². The molecular formula is C10H12N2O2. The lowest BCUT2D eigenvalue weighted by Gasteiger charge is -2.04. The fourth-order valence-electron chi connectivity index (χ4n) is 0.931. The highest BCUT2D eigenvalue weighted by Gasteiger charge is 2.01. The summed E-state index contributed by atoms with van der Waals surface area (Å²) in [5.74, 6) is -0.445. The van der Waals surface area contributed by atoms with Crippen molar-refractivity contribution in [2.45, 2.75) is 6.92 Å². The number of hydrogen-bond donors (Lipinski definition) is 2. The normalized spacial score (nSPS) is 9.21. The number of nitrogens with one attached hydrogen (secondary N) is 2. The number of hydrogen-bond acceptors (Lipinski definition) is 2. The van der Waals surface area contributed by atoms with Gasteiger partial charge in [-0.2, -0.15) is 0 Å². The Morgan fingerprint density at radius 1 is 1.21 bits per heavy atom. The number of carbonyl (C=O) groups excluding carboxylic acids is 2. The second kappa shape index (κ2) is 5.01. The maximum atomic E-state index is 11.2. The summed E-state index contributed by atoms with van der Waals surface area (Å²) in [5.41, 5.74) is 0.725. The van der Waals surface area contributed by atoms with E-state index in [4.69, 9.17) is 0 Å². The Labute approximate surface area is 82.3 Å². The Hall–Kier alpha value is -1.84. The lowest BCUT2D eigenvalue weighted by atomic mass is 10.3. The van der Waals surface area contributed by atoms with Gasteiger partial charge in [0.2, 0.25) is 11.8 Å². The van der Waals surface area contributed by atoms with Crippen LogP contribution in [-0.2, 0) is 9.59 Å². The Morgan fingerprint density at radius 2 is 1.86 bits per heavy atom. The first-order chi connectivity index (χ1) is 6.68. The van der Waals surface area contributed by atoms with Crippen LogP contribution in [0.25, 0.3) is 0 Å². The molecule has 1 aromatic carbocycles. The van der Waals surface area contributed by atoms with Crippen molar-refractivity contribution in [1.82, 2.24) is 5.32 Å². The Bertz CT molecular complexity index is 322. The molecule has 0 saturated heterocycles. The van der Waals surface area contributed by atoms with Gasteiger partial charge in [0.15, 0.2) is 0 Å². The second-order valence-corrected chi connectivity index (χ2v) is 2.82. The van der Waals surface area contributed by atoms with Gasteiger partial charge in [-0.05, 0) is 12.1 Å². The van der Waals surface area contributed by atoms with E-state index in [2.05, 4.69) is 10.6 Å². The highest BCUT2D eigenvalue weighted by Crippen LogP contribution is 2.03. The molecule has 0 heterocycles. The van der Waals surface area contributed by atoms with Crippen LogP contribution >= 0.6 is 0 Å². The van der Waals surface area contributed by atoms with Crippen molar-refractivity contribution in [2.24, 2.45) is 0 Å². The smallest absolute Gasteiger partial charge is 0.243 e. The number of para-hydroxylation sites is 1. The standard InChI is InChI=1S/C10H12N2O2/c1-8(13)11-7-10(14)12-9-5-3-2-4-6-9/h2-6H,7H2,1H3,(H,11,13)(H,12,14)/i12+1. The van der Waals surface area contributed by atoms with E-state index in [0.717, 1.165) is 5.69 Å². The van der Waals surface area contributed by atoms with Crippen LogP contribution in [0.1, 0.15) is 6.92 Å². The lowest BCUT2D eigenvalue weighted by molar-refractivity contribution is -0.122. The molecule has 1 rings (SSSR count). The summed E-state index contributed by atoms with van der Waals surface area (Å²) in [6.07, 6.45) is 0. The highest BCUT2D eigenvalue weighted by molar-refractivity contribution is 5.94. The third-order valence-electron chi connectivity index (χ3n) is 1.56. The monoisotopic (exact) mass is 193 g/mol. The van der Waals surface area contributed by atoms with Gasteiger partial charge >= 0.3 is 0 Å². The third kappa shape index (κ3) is 3.71. The molecule has 0 radical (unpaired) electrons. The van der Waals surface area contributed by atoms with Crippen LogP contribution in [0.3, 0.4) is 0 Å². The Kier molecular flexibility index (Phi) is 3.67. The molecule has 0 aromatic heterocycles. The van der Waals surface area contributed by atoms with Gasteiger partial charge in [-0.15, -0.1) is 0 Å². The first-order valence-corrected chi connectivity index (χ1v) is 4.28. The molecule has 0 aliphatic rings. The SMILES string of the molecule is CC(=O)NCC(=O)[15NH]c1ccccc1. The molecule has 0 saturated carbocycles. The molecule has 0 unspecified atom stereocenters. The molecule has 2 amide bonds. The van der Waals surface area contributed by atoms with E-state index in [1.807, 2.05) is 18.2 Å². The van der Waals surface area contributed by atoms with Gasteiger partial charge in [0.25, 0.3) is 0 Å². The first kappa shape index (κ1) is 10.2. The molecule has 14 heavy (non-hydrogen) atoms. The fourth-order valence-corrected chi connectivity index (χ4v) is 0.931. The molecule has 0 bridgehead atoms. The molecule has 0 fully saturated rings. The van der Waals surface area contributed by atoms with E-state index < -0.39 is 0 Å². The number of rotatable bonds is 3. The lowest BCUT2D eigenvalue weighted by Crippen LogP contribution is -2.31. The molecular weight excluding hydrogens is 181 g/mol. The van der Waals surface area contributed by atoms with Crippen molar-refractivity contribution in [1.29, 1.82) is 0 Å². The van der Waals surface area contributed by atoms with Crippen molar-refractivity contribution >= 4 is 17.5 Å². The second-order valence-electron chi connectivity index (χ2n) is 2.82. The maximum absolute atomic E-state index is 11.2. The predicted octanol–water partition coefficient (Wildman–Crippen LogP) is 0.761. The molecule has 0 aliphatic carbocycles. The summed E-state index contributed by atoms with van der Waals surface area (Å²) in [6.45, 7) is 1.38. The van der Waals surface area contributed by atoms with Crippen LogP contribution < -0.4 is 10.6 Å². The minimum absolute atomic E-state index is 0.00419. The van der Waals surface area contributed by atoms with E-state index in [9.17, 15) is 9.59 Å². The van der Waals surface area contributed by atoms with E-state index in [-0.39, 0.29) is 18.4 Å². The number of amides is 2. The molecule has 0 spiro atoms. The summed E-state index contributed by atoms with van der Waals surface area (Å²) in [7, 11) is 0. The van der Waals surface area contributed by atoms with Crippen molar-refractivity contribution in [3.63, 3.8) is 0 Å². The summed E-state index contributed by atoms with van der Waals surface area (Å²) in [5, 5.41) is 5.06. The summed E-state index contributed by atoms with van der Waals surface area (Å²) >= 11 is 0. The zero-order valence-electron chi connectivity index (χ0n) is 7.91. The Balaban J connectivity index is 2.38. The van der Waals surface area contributed by atoms with Crippen LogP contribution in [-0.4, -0.2) is 18.4 Å². The maximum Gasteiger partial charge on any atom is 0.243 e. The van der Waals surface area contributed by atoms with Crippen molar-refractivity contribution in [2.75, 3.05) is 11.9 Å². The number of anilines is 1. The van der Waals surface area contributed by atoms with Crippen LogP contribution in [0, 0.1) is 0 Å². The van der Waals surface area contributed by atoms with Crippen LogP contribution in [0.15, 0.2) is 30.3 Å². The molecule has 1 aromatic rings. The van der Waals surface area contributed by atoms with Gasteiger partial charge in [-0.3, -0.25) is 9.59 Å². The minimum atomic E-state index is -0.230. The van der Waals surface area contributed by atoms with Gasteiger partial charge in [0.1, 0.15) is 0 Å². The molecule has 74 valence electrons. The van der Waals surface area contributed by atoms with E-state index in [1.165, 1.54) is 6.92 Å². The third-order valence-corrected chi connectivity index (χ3v) is 1.56. The quantitative estimate of drug-likeness (QED) is 0.696. The van der Waals surface area contributed by atoms with Gasteiger partial charge in [0.05, 0.1) is 6.54 Å².